The molecule has 0 saturated heterocycles. The van der Waals surface area contributed by atoms with Crippen LogP contribution < -0.4 is 0 Å². The van der Waals surface area contributed by atoms with Gasteiger partial charge in [-0.1, -0.05) is 35.8 Å². The predicted octanol–water partition coefficient (Wildman–Crippen LogP) is 3.78. The van der Waals surface area contributed by atoms with Gasteiger partial charge in [-0.05, 0) is 49.2 Å². The summed E-state index contributed by atoms with van der Waals surface area (Å²) in [5.74, 6) is 0. The topological polar surface area (TPSA) is 3.24 Å². The molecule has 82 valence electrons. The normalized spacial score (nSPS) is 19.6. The van der Waals surface area contributed by atoms with Crippen LogP contribution in [-0.2, 0) is 6.42 Å². The number of halogens is 1. The summed E-state index contributed by atoms with van der Waals surface area (Å²) in [6.07, 6.45) is 2.52. The predicted molar refractivity (Wildman–Crippen MR) is 68.1 cm³/mol. The fourth-order valence-electron chi connectivity index (χ4n) is 2.61. The lowest BCUT2D eigenvalue weighted by Crippen LogP contribution is -2.26. The lowest BCUT2D eigenvalue weighted by Gasteiger charge is -2.26. The molecule has 1 unspecified atom stereocenters. The molecule has 1 atom stereocenters. The van der Waals surface area contributed by atoms with Gasteiger partial charge in [0, 0.05) is 10.5 Å². The van der Waals surface area contributed by atoms with E-state index < -0.39 is 0 Å². The Morgan fingerprint density at radius 3 is 2.73 bits per heavy atom. The summed E-state index contributed by atoms with van der Waals surface area (Å²) in [5.41, 5.74) is 3.07. The average Bonchev–Trinajstić information content (AvgIpc) is 2.63. The van der Waals surface area contributed by atoms with E-state index in [4.69, 9.17) is 0 Å². The minimum Gasteiger partial charge on any atom is -0.297 e. The molecule has 0 N–H and O–H groups in total. The smallest absolute Gasteiger partial charge is 0.0353 e. The maximum absolute atomic E-state index is 3.54. The lowest BCUT2D eigenvalue weighted by molar-refractivity contribution is 0.218. The van der Waals surface area contributed by atoms with Crippen LogP contribution in [-0.4, -0.2) is 18.0 Å². The molecule has 0 spiro atoms. The molecule has 0 aromatic heterocycles. The molecule has 1 aliphatic rings. The molecule has 1 aliphatic carbocycles. The standard InChI is InChI=1S/C13H18BrN/c1-3-15(4-2)13-8-5-10-9-11(14)6-7-12(10)13/h6-7,9,13H,3-5,8H2,1-2H3. The Kier molecular flexibility index (Phi) is 3.47. The number of benzene rings is 1. The van der Waals surface area contributed by atoms with E-state index in [1.165, 1.54) is 22.9 Å². The van der Waals surface area contributed by atoms with Gasteiger partial charge in [-0.25, -0.2) is 0 Å². The van der Waals surface area contributed by atoms with Gasteiger partial charge in [-0.3, -0.25) is 4.90 Å². The molecule has 0 aliphatic heterocycles. The number of nitrogens with zero attached hydrogens (tertiary/aromatic N) is 1. The highest BCUT2D eigenvalue weighted by molar-refractivity contribution is 9.10. The third-order valence-corrected chi connectivity index (χ3v) is 3.90. The van der Waals surface area contributed by atoms with Crippen LogP contribution in [0.3, 0.4) is 0 Å². The quantitative estimate of drug-likeness (QED) is 0.806. The summed E-state index contributed by atoms with van der Waals surface area (Å²) in [6.45, 7) is 6.80. The fourth-order valence-corrected chi connectivity index (χ4v) is 3.02. The summed E-state index contributed by atoms with van der Waals surface area (Å²) < 4.78 is 1.21. The molecule has 2 heteroatoms. The number of aryl methyl sites for hydroxylation is 1. The van der Waals surface area contributed by atoms with Crippen LogP contribution in [0.4, 0.5) is 0 Å². The van der Waals surface area contributed by atoms with Gasteiger partial charge in [0.2, 0.25) is 0 Å². The first kappa shape index (κ1) is 11.2. The molecular formula is C13H18BrN. The summed E-state index contributed by atoms with van der Waals surface area (Å²) >= 11 is 3.54. The van der Waals surface area contributed by atoms with E-state index in [1.807, 2.05) is 0 Å². The maximum Gasteiger partial charge on any atom is 0.0353 e. The Balaban J connectivity index is 2.28. The van der Waals surface area contributed by atoms with Crippen LogP contribution >= 0.6 is 15.9 Å². The number of fused-ring (bicyclic) bond motifs is 1. The Morgan fingerprint density at radius 1 is 1.33 bits per heavy atom. The van der Waals surface area contributed by atoms with Gasteiger partial charge in [-0.2, -0.15) is 0 Å². The van der Waals surface area contributed by atoms with Crippen molar-refractivity contribution in [1.29, 1.82) is 0 Å². The highest BCUT2D eigenvalue weighted by atomic mass is 79.9. The Hall–Kier alpha value is -0.340. The fraction of sp³-hybridized carbons (Fsp3) is 0.538. The molecule has 0 heterocycles. The van der Waals surface area contributed by atoms with Crippen LogP contribution in [0.25, 0.3) is 0 Å². The molecule has 1 aromatic rings. The summed E-state index contributed by atoms with van der Waals surface area (Å²) in [4.78, 5) is 2.56. The van der Waals surface area contributed by atoms with Crippen LogP contribution in [0.2, 0.25) is 0 Å². The highest BCUT2D eigenvalue weighted by Gasteiger charge is 2.25. The van der Waals surface area contributed by atoms with E-state index in [-0.39, 0.29) is 0 Å². The molecule has 1 nitrogen and oxygen atoms in total. The second-order valence-electron chi connectivity index (χ2n) is 4.12. The number of hydrogen-bond donors (Lipinski definition) is 0. The van der Waals surface area contributed by atoms with Crippen LogP contribution in [0, 0.1) is 0 Å². The van der Waals surface area contributed by atoms with Gasteiger partial charge in [0.05, 0.1) is 0 Å². The summed E-state index contributed by atoms with van der Waals surface area (Å²) in [6, 6.07) is 7.39. The van der Waals surface area contributed by atoms with Crippen molar-refractivity contribution < 1.29 is 0 Å². The zero-order chi connectivity index (χ0) is 10.8. The third kappa shape index (κ3) is 2.11. The molecule has 0 bridgehead atoms. The second-order valence-corrected chi connectivity index (χ2v) is 5.03. The minimum atomic E-state index is 0.656. The van der Waals surface area contributed by atoms with Gasteiger partial charge < -0.3 is 0 Å². The molecular weight excluding hydrogens is 250 g/mol. The Bertz CT molecular complexity index is 344. The average molecular weight is 268 g/mol. The summed E-state index contributed by atoms with van der Waals surface area (Å²) in [5, 5.41) is 0. The zero-order valence-electron chi connectivity index (χ0n) is 9.46. The minimum absolute atomic E-state index is 0.656. The molecule has 0 amide bonds. The van der Waals surface area contributed by atoms with Crippen molar-refractivity contribution in [3.8, 4) is 0 Å². The maximum atomic E-state index is 3.54. The first-order chi connectivity index (χ1) is 7.26. The van der Waals surface area contributed by atoms with Crippen molar-refractivity contribution in [2.45, 2.75) is 32.7 Å². The van der Waals surface area contributed by atoms with Crippen molar-refractivity contribution in [1.82, 2.24) is 4.90 Å². The number of rotatable bonds is 3. The van der Waals surface area contributed by atoms with Gasteiger partial charge in [0.1, 0.15) is 0 Å². The Morgan fingerprint density at radius 2 is 2.07 bits per heavy atom. The van der Waals surface area contributed by atoms with Crippen molar-refractivity contribution in [3.05, 3.63) is 33.8 Å². The lowest BCUT2D eigenvalue weighted by atomic mass is 10.1. The monoisotopic (exact) mass is 267 g/mol. The van der Waals surface area contributed by atoms with E-state index in [0.717, 1.165) is 13.1 Å². The van der Waals surface area contributed by atoms with Gasteiger partial charge in [0.15, 0.2) is 0 Å². The van der Waals surface area contributed by atoms with Crippen molar-refractivity contribution >= 4 is 15.9 Å². The molecule has 0 radical (unpaired) electrons. The SMILES string of the molecule is CCN(CC)C1CCc2cc(Br)ccc21. The largest absolute Gasteiger partial charge is 0.297 e. The van der Waals surface area contributed by atoms with Crippen molar-refractivity contribution in [2.24, 2.45) is 0 Å². The second kappa shape index (κ2) is 4.67. The van der Waals surface area contributed by atoms with Crippen LogP contribution in [0.1, 0.15) is 37.4 Å². The zero-order valence-corrected chi connectivity index (χ0v) is 11.0. The van der Waals surface area contributed by atoms with E-state index >= 15 is 0 Å². The van der Waals surface area contributed by atoms with Gasteiger partial charge in [-0.15, -0.1) is 0 Å². The van der Waals surface area contributed by atoms with Crippen LogP contribution in [0.15, 0.2) is 22.7 Å². The van der Waals surface area contributed by atoms with Crippen molar-refractivity contribution in [3.63, 3.8) is 0 Å². The van der Waals surface area contributed by atoms with E-state index in [0.29, 0.717) is 6.04 Å². The van der Waals surface area contributed by atoms with Crippen LogP contribution in [0.5, 0.6) is 0 Å². The molecule has 2 rings (SSSR count). The Labute approximate surface area is 101 Å². The highest BCUT2D eigenvalue weighted by Crippen LogP contribution is 2.36. The first-order valence-electron chi connectivity index (χ1n) is 5.78. The molecule has 1 aromatic carbocycles. The van der Waals surface area contributed by atoms with Gasteiger partial charge >= 0.3 is 0 Å². The first-order valence-corrected chi connectivity index (χ1v) is 6.58. The number of hydrogen-bond acceptors (Lipinski definition) is 1. The third-order valence-electron chi connectivity index (χ3n) is 3.40. The molecule has 0 fully saturated rings. The van der Waals surface area contributed by atoms with E-state index in [2.05, 4.69) is 52.9 Å². The molecule has 0 saturated carbocycles. The van der Waals surface area contributed by atoms with E-state index in [9.17, 15) is 0 Å². The van der Waals surface area contributed by atoms with E-state index in [1.54, 1.807) is 5.56 Å². The van der Waals surface area contributed by atoms with Crippen molar-refractivity contribution in [2.75, 3.05) is 13.1 Å². The van der Waals surface area contributed by atoms with Gasteiger partial charge in [0.25, 0.3) is 0 Å². The molecule has 15 heavy (non-hydrogen) atoms. The summed E-state index contributed by atoms with van der Waals surface area (Å²) in [7, 11) is 0.